The van der Waals surface area contributed by atoms with E-state index in [1.165, 1.54) is 238 Å². The Morgan fingerprint density at radius 3 is 0.680 bits per heavy atom. The molecular weight excluding hydrogens is 1310 g/mol. The van der Waals surface area contributed by atoms with Gasteiger partial charge in [0.2, 0.25) is 0 Å². The summed E-state index contributed by atoms with van der Waals surface area (Å²) in [6.07, 6.45) is 62.8. The first-order chi connectivity index (χ1) is 48.4. The predicted molar refractivity (Wildman–Crippen MR) is 409 cm³/mol. The van der Waals surface area contributed by atoms with Gasteiger partial charge in [0.05, 0.1) is 26.4 Å². The Kier molecular flexibility index (Phi) is 71.2. The lowest BCUT2D eigenvalue weighted by Gasteiger charge is -2.21. The molecule has 2 unspecified atom stereocenters. The minimum absolute atomic E-state index is 0.104. The smallest absolute Gasteiger partial charge is 0.462 e. The minimum atomic E-state index is -4.96. The van der Waals surface area contributed by atoms with Crippen LogP contribution in [0.4, 0.5) is 0 Å². The van der Waals surface area contributed by atoms with E-state index < -0.39 is 97.5 Å². The molecule has 17 nitrogen and oxygen atoms in total. The molecule has 3 N–H and O–H groups in total. The van der Waals surface area contributed by atoms with Crippen molar-refractivity contribution in [2.24, 2.45) is 11.8 Å². The van der Waals surface area contributed by atoms with Crippen LogP contribution in [0.3, 0.4) is 0 Å². The fourth-order valence-electron chi connectivity index (χ4n) is 12.5. The number of aliphatic hydroxyl groups is 1. The molecule has 0 saturated heterocycles. The van der Waals surface area contributed by atoms with Gasteiger partial charge in [-0.1, -0.05) is 375 Å². The Labute approximate surface area is 613 Å². The summed E-state index contributed by atoms with van der Waals surface area (Å²) in [5.74, 6) is -0.690. The number of phosphoric ester groups is 2. The number of carbonyl (C=O) groups excluding carboxylic acids is 4. The molecule has 0 bridgehead atoms. The summed E-state index contributed by atoms with van der Waals surface area (Å²) in [4.78, 5) is 72.9. The number of esters is 4. The third-order valence-electron chi connectivity index (χ3n) is 19.0. The number of hydrogen-bond donors (Lipinski definition) is 3. The molecule has 0 fully saturated rings. The highest BCUT2D eigenvalue weighted by atomic mass is 31.2. The molecule has 0 aliphatic heterocycles. The van der Waals surface area contributed by atoms with Gasteiger partial charge < -0.3 is 33.8 Å². The second-order valence-electron chi connectivity index (χ2n) is 30.1. The van der Waals surface area contributed by atoms with Gasteiger partial charge in [0.1, 0.15) is 19.3 Å². The zero-order chi connectivity index (χ0) is 73.5. The van der Waals surface area contributed by atoms with Gasteiger partial charge in [0.25, 0.3) is 0 Å². The van der Waals surface area contributed by atoms with Crippen molar-refractivity contribution in [1.29, 1.82) is 0 Å². The van der Waals surface area contributed by atoms with Crippen LogP contribution in [0.25, 0.3) is 0 Å². The average molecular weight is 1470 g/mol. The number of ether oxygens (including phenoxy) is 4. The third-order valence-corrected chi connectivity index (χ3v) is 20.9. The first kappa shape index (κ1) is 98.1. The van der Waals surface area contributed by atoms with Crippen LogP contribution in [-0.2, 0) is 65.4 Å². The number of hydrogen-bond acceptors (Lipinski definition) is 15. The molecule has 0 radical (unpaired) electrons. The summed E-state index contributed by atoms with van der Waals surface area (Å²) in [7, 11) is -9.92. The second-order valence-corrected chi connectivity index (χ2v) is 33.0. The Hall–Kier alpha value is -1.94. The predicted octanol–water partition coefficient (Wildman–Crippen LogP) is 24.3. The molecule has 5 atom stereocenters. The van der Waals surface area contributed by atoms with E-state index >= 15 is 0 Å². The van der Waals surface area contributed by atoms with E-state index in [9.17, 15) is 43.2 Å². The van der Waals surface area contributed by atoms with Crippen molar-refractivity contribution in [2.75, 3.05) is 39.6 Å². The van der Waals surface area contributed by atoms with Gasteiger partial charge in [-0.2, -0.15) is 0 Å². The first-order valence-electron chi connectivity index (χ1n) is 42.0. The number of rotatable bonds is 80. The van der Waals surface area contributed by atoms with E-state index in [1.54, 1.807) is 0 Å². The Bertz CT molecular complexity index is 1920. The molecule has 100 heavy (non-hydrogen) atoms. The molecule has 0 saturated carbocycles. The van der Waals surface area contributed by atoms with E-state index in [0.717, 1.165) is 102 Å². The van der Waals surface area contributed by atoms with Crippen LogP contribution in [0.5, 0.6) is 0 Å². The average Bonchev–Trinajstić information content (AvgIpc) is 0.929. The summed E-state index contributed by atoms with van der Waals surface area (Å²) >= 11 is 0. The van der Waals surface area contributed by atoms with Crippen LogP contribution < -0.4 is 0 Å². The fraction of sp³-hybridized carbons (Fsp3) is 0.951. The molecule has 0 aliphatic rings. The maximum atomic E-state index is 13.1. The number of carbonyl (C=O) groups is 4. The molecule has 0 rings (SSSR count). The molecule has 0 aliphatic carbocycles. The van der Waals surface area contributed by atoms with Crippen molar-refractivity contribution in [3.63, 3.8) is 0 Å². The first-order valence-corrected chi connectivity index (χ1v) is 45.0. The zero-order valence-electron chi connectivity index (χ0n) is 65.5. The maximum Gasteiger partial charge on any atom is 0.472 e. The van der Waals surface area contributed by atoms with Crippen LogP contribution in [0.15, 0.2) is 0 Å². The minimum Gasteiger partial charge on any atom is -0.462 e. The van der Waals surface area contributed by atoms with Crippen molar-refractivity contribution < 1.29 is 80.2 Å². The lowest BCUT2D eigenvalue weighted by atomic mass is 10.0. The van der Waals surface area contributed by atoms with Crippen molar-refractivity contribution in [1.82, 2.24) is 0 Å². The van der Waals surface area contributed by atoms with Crippen LogP contribution in [0, 0.1) is 11.8 Å². The Morgan fingerprint density at radius 2 is 0.460 bits per heavy atom. The molecule has 19 heteroatoms. The molecular formula is C81H158O17P2. The monoisotopic (exact) mass is 1470 g/mol. The summed E-state index contributed by atoms with van der Waals surface area (Å²) in [6.45, 7) is 9.53. The summed E-state index contributed by atoms with van der Waals surface area (Å²) in [6, 6.07) is 0. The van der Waals surface area contributed by atoms with Crippen molar-refractivity contribution in [2.45, 2.75) is 445 Å². The van der Waals surface area contributed by atoms with Crippen LogP contribution >= 0.6 is 15.6 Å². The van der Waals surface area contributed by atoms with Gasteiger partial charge in [-0.3, -0.25) is 37.3 Å². The molecule has 0 aromatic carbocycles. The van der Waals surface area contributed by atoms with Gasteiger partial charge in [0, 0.05) is 25.7 Å². The van der Waals surface area contributed by atoms with Crippen LogP contribution in [0.2, 0.25) is 0 Å². The standard InChI is InChI=1S/C81H158O17P2/c1-7-9-11-13-15-17-19-21-23-25-27-29-31-33-35-37-39-46-53-59-65-80(85)97-76(69-91-78(83)63-57-51-45-38-36-34-32-30-28-26-24-22-20-18-16-14-12-10-8-2)71-95-99(87,88)93-67-75(82)68-94-100(89,90)96-72-77(70-92-79(84)64-58-52-48-42-44-50-56-62-74(5)6)98-81(86)66-60-54-47-41-40-43-49-55-61-73(3)4/h73-77,82H,7-72H2,1-6H3,(H,87,88)(H,89,90)/t75-,76-,77-/m1/s1. The zero-order valence-corrected chi connectivity index (χ0v) is 67.3. The highest BCUT2D eigenvalue weighted by molar-refractivity contribution is 7.47. The molecule has 0 heterocycles. The van der Waals surface area contributed by atoms with Gasteiger partial charge in [-0.15, -0.1) is 0 Å². The summed E-state index contributed by atoms with van der Waals surface area (Å²) in [5.41, 5.74) is 0. The SMILES string of the molecule is CCCCCCCCCCCCCCCCCCCCCCC(=O)O[C@H](COC(=O)CCCCCCCCCCCCCCCCCCCCC)COP(=O)(O)OC[C@@H](O)COP(=O)(O)OC[C@@H](COC(=O)CCCCCCCCCC(C)C)OC(=O)CCCCCCCCCCC(C)C. The molecule has 0 spiro atoms. The van der Waals surface area contributed by atoms with Gasteiger partial charge >= 0.3 is 39.5 Å². The van der Waals surface area contributed by atoms with Gasteiger partial charge in [0.15, 0.2) is 12.2 Å². The number of phosphoric acid groups is 2. The second kappa shape index (κ2) is 72.6. The lowest BCUT2D eigenvalue weighted by molar-refractivity contribution is -0.161. The van der Waals surface area contributed by atoms with E-state index in [0.29, 0.717) is 31.6 Å². The third kappa shape index (κ3) is 74.3. The largest absolute Gasteiger partial charge is 0.472 e. The molecule has 0 aromatic heterocycles. The highest BCUT2D eigenvalue weighted by Crippen LogP contribution is 2.45. The summed E-state index contributed by atoms with van der Waals surface area (Å²) in [5, 5.41) is 10.6. The summed E-state index contributed by atoms with van der Waals surface area (Å²) < 4.78 is 68.7. The van der Waals surface area contributed by atoms with Gasteiger partial charge in [-0.25, -0.2) is 9.13 Å². The van der Waals surface area contributed by atoms with Crippen molar-refractivity contribution in [3.8, 4) is 0 Å². The molecule has 594 valence electrons. The normalized spacial score (nSPS) is 13.9. The van der Waals surface area contributed by atoms with Crippen LogP contribution in [0.1, 0.15) is 427 Å². The molecule has 0 aromatic rings. The fourth-order valence-corrected chi connectivity index (χ4v) is 14.1. The molecule has 0 amide bonds. The Morgan fingerprint density at radius 1 is 0.270 bits per heavy atom. The van der Waals surface area contributed by atoms with Crippen LogP contribution in [-0.4, -0.2) is 96.7 Å². The van der Waals surface area contributed by atoms with E-state index in [2.05, 4.69) is 41.5 Å². The van der Waals surface area contributed by atoms with Gasteiger partial charge in [-0.05, 0) is 37.5 Å². The lowest BCUT2D eigenvalue weighted by Crippen LogP contribution is -2.30. The topological polar surface area (TPSA) is 237 Å². The number of unbranched alkanes of at least 4 members (excludes halogenated alkanes) is 50. The quantitative estimate of drug-likeness (QED) is 0.0222. The highest BCUT2D eigenvalue weighted by Gasteiger charge is 2.30. The van der Waals surface area contributed by atoms with E-state index in [-0.39, 0.29) is 25.7 Å². The van der Waals surface area contributed by atoms with Crippen molar-refractivity contribution >= 4 is 39.5 Å². The van der Waals surface area contributed by atoms with E-state index in [4.69, 9.17) is 37.0 Å². The maximum absolute atomic E-state index is 13.1. The van der Waals surface area contributed by atoms with E-state index in [1.807, 2.05) is 0 Å². The number of aliphatic hydroxyl groups excluding tert-OH is 1. The Balaban J connectivity index is 5.20. The van der Waals surface area contributed by atoms with Crippen molar-refractivity contribution in [3.05, 3.63) is 0 Å².